The van der Waals surface area contributed by atoms with Crippen molar-refractivity contribution in [2.75, 3.05) is 0 Å². The molecule has 0 fully saturated rings. The number of rotatable bonds is 1. The molecule has 1 aromatic rings. The molecule has 47 valence electrons. The van der Waals surface area contributed by atoms with Crippen LogP contribution in [0.3, 0.4) is 0 Å². The van der Waals surface area contributed by atoms with Crippen molar-refractivity contribution in [1.29, 1.82) is 0 Å². The minimum atomic E-state index is 0. The van der Waals surface area contributed by atoms with Gasteiger partial charge in [0.2, 0.25) is 0 Å². The number of hydrogen-bond acceptors (Lipinski definition) is 0. The third-order valence-corrected chi connectivity index (χ3v) is 1.27. The number of allylic oxidation sites excluding steroid dienone is 1. The van der Waals surface area contributed by atoms with Gasteiger partial charge in [-0.25, -0.2) is 0 Å². The predicted molar refractivity (Wildman–Crippen MR) is 46.9 cm³/mol. The van der Waals surface area contributed by atoms with Crippen LogP contribution in [0.4, 0.5) is 0 Å². The van der Waals surface area contributed by atoms with E-state index in [9.17, 15) is 0 Å². The van der Waals surface area contributed by atoms with E-state index in [0.717, 1.165) is 5.57 Å². The monoisotopic (exact) mass is 203 g/mol. The average Bonchev–Trinajstić information content (AvgIpc) is 1.90. The predicted octanol–water partition coefficient (Wildman–Crippen LogP) is 2.34. The van der Waals surface area contributed by atoms with Crippen molar-refractivity contribution in [3.05, 3.63) is 42.5 Å². The van der Waals surface area contributed by atoms with Crippen molar-refractivity contribution in [2.24, 2.45) is 0 Å². The van der Waals surface area contributed by atoms with Gasteiger partial charge in [0.1, 0.15) is 0 Å². The minimum absolute atomic E-state index is 0. The van der Waals surface area contributed by atoms with Crippen LogP contribution in [0, 0.1) is 0 Å². The average molecular weight is 204 g/mol. The molecule has 1 radical (unpaired) electrons. The largest absolute Gasteiger partial charge is 0.0955 e. The standard InChI is InChI=1S/C9H10.Rb/c1-8(2)9-6-4-3-5-7-9;/h3-7H,1H2,2H3;. The summed E-state index contributed by atoms with van der Waals surface area (Å²) in [7, 11) is 0. The van der Waals surface area contributed by atoms with Gasteiger partial charge in [-0.3, -0.25) is 0 Å². The third kappa shape index (κ3) is 3.24. The van der Waals surface area contributed by atoms with E-state index >= 15 is 0 Å². The van der Waals surface area contributed by atoms with Gasteiger partial charge in [0.05, 0.1) is 0 Å². The zero-order valence-corrected chi connectivity index (χ0v) is 11.5. The summed E-state index contributed by atoms with van der Waals surface area (Å²) in [6.45, 7) is 5.83. The molecule has 0 heterocycles. The van der Waals surface area contributed by atoms with Gasteiger partial charge in [0.15, 0.2) is 0 Å². The summed E-state index contributed by atoms with van der Waals surface area (Å²) in [4.78, 5) is 0. The molecule has 1 rings (SSSR count). The Bertz CT molecular complexity index is 201. The Balaban J connectivity index is 0.000000810. The van der Waals surface area contributed by atoms with Crippen molar-refractivity contribution in [3.8, 4) is 0 Å². The summed E-state index contributed by atoms with van der Waals surface area (Å²) in [5, 5.41) is 0. The molecule has 0 atom stereocenters. The Kier molecular flexibility index (Phi) is 5.83. The molecule has 10 heavy (non-hydrogen) atoms. The summed E-state index contributed by atoms with van der Waals surface area (Å²) >= 11 is 0. The van der Waals surface area contributed by atoms with E-state index in [-0.39, 0.29) is 58.2 Å². The van der Waals surface area contributed by atoms with Gasteiger partial charge in [-0.2, -0.15) is 0 Å². The van der Waals surface area contributed by atoms with E-state index in [1.807, 2.05) is 25.1 Å². The molecular weight excluding hydrogens is 194 g/mol. The molecule has 0 aromatic heterocycles. The van der Waals surface area contributed by atoms with Crippen LogP contribution in [0.5, 0.6) is 0 Å². The van der Waals surface area contributed by atoms with E-state index in [2.05, 4.69) is 18.7 Å². The Morgan fingerprint density at radius 3 is 2.00 bits per heavy atom. The van der Waals surface area contributed by atoms with Gasteiger partial charge < -0.3 is 0 Å². The Hall–Kier alpha value is 0.765. The second-order valence-electron chi connectivity index (χ2n) is 2.15. The van der Waals surface area contributed by atoms with Crippen LogP contribution in [-0.2, 0) is 0 Å². The first-order chi connectivity index (χ1) is 4.30. The van der Waals surface area contributed by atoms with Gasteiger partial charge in [-0.15, -0.1) is 0 Å². The molecule has 0 amide bonds. The Labute approximate surface area is 111 Å². The van der Waals surface area contributed by atoms with Gasteiger partial charge in [0, 0.05) is 58.2 Å². The molecule has 0 aliphatic carbocycles. The first kappa shape index (κ1) is 10.8. The zero-order valence-electron chi connectivity index (χ0n) is 6.59. The van der Waals surface area contributed by atoms with Crippen LogP contribution in [0.1, 0.15) is 12.5 Å². The molecule has 0 saturated heterocycles. The van der Waals surface area contributed by atoms with Crippen LogP contribution < -0.4 is 0 Å². The van der Waals surface area contributed by atoms with E-state index in [0.29, 0.717) is 0 Å². The third-order valence-electron chi connectivity index (χ3n) is 1.27. The molecule has 0 aliphatic heterocycles. The maximum atomic E-state index is 3.83. The summed E-state index contributed by atoms with van der Waals surface area (Å²) in [5.41, 5.74) is 2.34. The maximum Gasteiger partial charge on any atom is 0 e. The van der Waals surface area contributed by atoms with Crippen LogP contribution >= 0.6 is 0 Å². The summed E-state index contributed by atoms with van der Waals surface area (Å²) in [5.74, 6) is 0. The van der Waals surface area contributed by atoms with Gasteiger partial charge in [0.25, 0.3) is 0 Å². The first-order valence-corrected chi connectivity index (χ1v) is 3.01. The molecule has 0 unspecified atom stereocenters. The first-order valence-electron chi connectivity index (χ1n) is 3.01. The van der Waals surface area contributed by atoms with E-state index in [4.69, 9.17) is 0 Å². The normalized spacial score (nSPS) is 8.10. The second-order valence-corrected chi connectivity index (χ2v) is 2.15. The number of hydrogen-bond donors (Lipinski definition) is 0. The zero-order chi connectivity index (χ0) is 6.69. The number of benzene rings is 1. The van der Waals surface area contributed by atoms with E-state index in [1.165, 1.54) is 5.56 Å². The molecule has 0 N–H and O–H groups in total. The van der Waals surface area contributed by atoms with Crippen molar-refractivity contribution in [2.45, 2.75) is 6.92 Å². The molecular formula is C9H10Rb. The fourth-order valence-corrected chi connectivity index (χ4v) is 0.723. The quantitative estimate of drug-likeness (QED) is 0.657. The Morgan fingerprint density at radius 2 is 1.70 bits per heavy atom. The van der Waals surface area contributed by atoms with Crippen LogP contribution in [0.2, 0.25) is 0 Å². The molecule has 1 heteroatoms. The molecule has 0 bridgehead atoms. The summed E-state index contributed by atoms with van der Waals surface area (Å²) in [6, 6.07) is 10.2. The Morgan fingerprint density at radius 1 is 1.20 bits per heavy atom. The topological polar surface area (TPSA) is 0 Å². The van der Waals surface area contributed by atoms with Gasteiger partial charge in [-0.05, 0) is 12.5 Å². The fraction of sp³-hybridized carbons (Fsp3) is 0.111. The van der Waals surface area contributed by atoms with Crippen molar-refractivity contribution >= 4 is 63.8 Å². The molecule has 0 spiro atoms. The van der Waals surface area contributed by atoms with Crippen molar-refractivity contribution in [1.82, 2.24) is 0 Å². The van der Waals surface area contributed by atoms with E-state index < -0.39 is 0 Å². The smallest absolute Gasteiger partial charge is 0 e. The second kappa shape index (κ2) is 5.42. The maximum absolute atomic E-state index is 3.83. The van der Waals surface area contributed by atoms with Crippen molar-refractivity contribution in [3.63, 3.8) is 0 Å². The van der Waals surface area contributed by atoms with Crippen LogP contribution in [0.15, 0.2) is 36.9 Å². The van der Waals surface area contributed by atoms with Gasteiger partial charge in [-0.1, -0.05) is 42.5 Å². The van der Waals surface area contributed by atoms with Gasteiger partial charge >= 0.3 is 0 Å². The molecule has 0 saturated carbocycles. The minimum Gasteiger partial charge on any atom is -0.0955 e. The SMILES string of the molecule is C=C(C)c1ccccc1.[Rb]. The van der Waals surface area contributed by atoms with Crippen LogP contribution in [-0.4, -0.2) is 58.2 Å². The molecule has 1 aromatic carbocycles. The summed E-state index contributed by atoms with van der Waals surface area (Å²) < 4.78 is 0. The fourth-order valence-electron chi connectivity index (χ4n) is 0.723. The van der Waals surface area contributed by atoms with Crippen molar-refractivity contribution < 1.29 is 0 Å². The van der Waals surface area contributed by atoms with E-state index in [1.54, 1.807) is 0 Å². The molecule has 0 aliphatic rings. The summed E-state index contributed by atoms with van der Waals surface area (Å²) in [6.07, 6.45) is 0. The molecule has 0 nitrogen and oxygen atoms in total. The van der Waals surface area contributed by atoms with Crippen LogP contribution in [0.25, 0.3) is 5.57 Å².